The maximum atomic E-state index is 12.2. The van der Waals surface area contributed by atoms with Gasteiger partial charge < -0.3 is 15.0 Å². The number of H-pyrrole nitrogens is 1. The standard InChI is InChI=1S/C13H18N2O3/c1-8-11(7-16)14-9(2)12(8)13(17)15-10-3-5-18-6-4-10/h7,10,14H,3-6H2,1-2H3,(H,15,17). The molecule has 1 amide bonds. The maximum absolute atomic E-state index is 12.2. The van der Waals surface area contributed by atoms with Crippen LogP contribution in [0.4, 0.5) is 0 Å². The molecule has 5 nitrogen and oxygen atoms in total. The Hall–Kier alpha value is -1.62. The molecular weight excluding hydrogens is 232 g/mol. The topological polar surface area (TPSA) is 71.2 Å². The maximum Gasteiger partial charge on any atom is 0.253 e. The fraction of sp³-hybridized carbons (Fsp3) is 0.538. The first-order valence-corrected chi connectivity index (χ1v) is 6.16. The van der Waals surface area contributed by atoms with E-state index in [4.69, 9.17) is 4.74 Å². The monoisotopic (exact) mass is 250 g/mol. The molecular formula is C13H18N2O3. The second-order valence-electron chi connectivity index (χ2n) is 4.64. The second kappa shape index (κ2) is 5.35. The Kier molecular flexibility index (Phi) is 3.81. The van der Waals surface area contributed by atoms with Crippen LogP contribution in [0, 0.1) is 13.8 Å². The van der Waals surface area contributed by atoms with Crippen LogP contribution in [0.5, 0.6) is 0 Å². The minimum Gasteiger partial charge on any atom is -0.381 e. The van der Waals surface area contributed by atoms with Crippen molar-refractivity contribution in [2.45, 2.75) is 32.7 Å². The Morgan fingerprint density at radius 1 is 1.39 bits per heavy atom. The number of hydrogen-bond acceptors (Lipinski definition) is 3. The molecule has 2 N–H and O–H groups in total. The van der Waals surface area contributed by atoms with Crippen LogP contribution >= 0.6 is 0 Å². The number of aromatic amines is 1. The van der Waals surface area contributed by atoms with Crippen molar-refractivity contribution in [1.82, 2.24) is 10.3 Å². The Morgan fingerprint density at radius 3 is 2.61 bits per heavy atom. The van der Waals surface area contributed by atoms with Gasteiger partial charge in [0.15, 0.2) is 6.29 Å². The quantitative estimate of drug-likeness (QED) is 0.795. The van der Waals surface area contributed by atoms with Crippen molar-refractivity contribution in [2.24, 2.45) is 0 Å². The molecule has 1 aromatic rings. The summed E-state index contributed by atoms with van der Waals surface area (Å²) in [5.41, 5.74) is 2.51. The summed E-state index contributed by atoms with van der Waals surface area (Å²) in [5.74, 6) is -0.110. The average Bonchev–Trinajstić information content (AvgIpc) is 2.65. The Balaban J connectivity index is 2.13. The number of carbonyl (C=O) groups is 2. The van der Waals surface area contributed by atoms with E-state index in [2.05, 4.69) is 10.3 Å². The molecule has 0 spiro atoms. The summed E-state index contributed by atoms with van der Waals surface area (Å²) in [7, 11) is 0. The van der Waals surface area contributed by atoms with E-state index in [9.17, 15) is 9.59 Å². The first-order valence-electron chi connectivity index (χ1n) is 6.16. The van der Waals surface area contributed by atoms with Gasteiger partial charge in [-0.05, 0) is 32.3 Å². The molecule has 0 unspecified atom stereocenters. The molecule has 98 valence electrons. The summed E-state index contributed by atoms with van der Waals surface area (Å²) in [5, 5.41) is 3.00. The van der Waals surface area contributed by atoms with Gasteiger partial charge in [-0.25, -0.2) is 0 Å². The van der Waals surface area contributed by atoms with Gasteiger partial charge in [-0.15, -0.1) is 0 Å². The fourth-order valence-electron chi connectivity index (χ4n) is 2.33. The van der Waals surface area contributed by atoms with Gasteiger partial charge >= 0.3 is 0 Å². The van der Waals surface area contributed by atoms with Crippen LogP contribution in [0.25, 0.3) is 0 Å². The highest BCUT2D eigenvalue weighted by molar-refractivity contribution is 5.99. The van der Waals surface area contributed by atoms with Gasteiger partial charge in [0.25, 0.3) is 5.91 Å². The van der Waals surface area contributed by atoms with Crippen LogP contribution < -0.4 is 5.32 Å². The summed E-state index contributed by atoms with van der Waals surface area (Å²) in [6, 6.07) is 0.166. The number of amides is 1. The van der Waals surface area contributed by atoms with Crippen LogP contribution in [0.1, 0.15) is 44.9 Å². The van der Waals surface area contributed by atoms with Gasteiger partial charge in [-0.2, -0.15) is 0 Å². The Labute approximate surface area is 106 Å². The highest BCUT2D eigenvalue weighted by Crippen LogP contribution is 2.17. The minimum atomic E-state index is -0.110. The normalized spacial score (nSPS) is 16.6. The predicted octanol–water partition coefficient (Wildman–Crippen LogP) is 1.35. The molecule has 2 heterocycles. The molecule has 1 saturated heterocycles. The van der Waals surface area contributed by atoms with Crippen LogP contribution in [-0.4, -0.2) is 36.4 Å². The lowest BCUT2D eigenvalue weighted by Crippen LogP contribution is -2.39. The number of aromatic nitrogens is 1. The molecule has 18 heavy (non-hydrogen) atoms. The van der Waals surface area contributed by atoms with E-state index in [1.165, 1.54) is 0 Å². The molecule has 1 aliphatic rings. The molecule has 0 bridgehead atoms. The number of aldehydes is 1. The van der Waals surface area contributed by atoms with E-state index in [0.717, 1.165) is 24.8 Å². The largest absolute Gasteiger partial charge is 0.381 e. The zero-order valence-corrected chi connectivity index (χ0v) is 10.7. The van der Waals surface area contributed by atoms with E-state index < -0.39 is 0 Å². The molecule has 0 atom stereocenters. The lowest BCUT2D eigenvalue weighted by Gasteiger charge is -2.23. The molecule has 0 aromatic carbocycles. The number of rotatable bonds is 3. The summed E-state index contributed by atoms with van der Waals surface area (Å²) in [6.45, 7) is 4.97. The highest BCUT2D eigenvalue weighted by Gasteiger charge is 2.21. The van der Waals surface area contributed by atoms with E-state index in [1.807, 2.05) is 0 Å². The third-order valence-electron chi connectivity index (χ3n) is 3.38. The smallest absolute Gasteiger partial charge is 0.253 e. The van der Waals surface area contributed by atoms with E-state index in [-0.39, 0.29) is 11.9 Å². The third kappa shape index (κ3) is 2.46. The van der Waals surface area contributed by atoms with Gasteiger partial charge in [-0.1, -0.05) is 0 Å². The fourth-order valence-corrected chi connectivity index (χ4v) is 2.33. The molecule has 1 fully saturated rings. The van der Waals surface area contributed by atoms with Crippen LogP contribution in [0.2, 0.25) is 0 Å². The number of nitrogens with one attached hydrogen (secondary N) is 2. The van der Waals surface area contributed by atoms with Crippen LogP contribution in [0.3, 0.4) is 0 Å². The number of carbonyl (C=O) groups excluding carboxylic acids is 2. The molecule has 0 saturated carbocycles. The SMILES string of the molecule is Cc1[nH]c(C=O)c(C)c1C(=O)NC1CCOCC1. The Morgan fingerprint density at radius 2 is 2.06 bits per heavy atom. The summed E-state index contributed by atoms with van der Waals surface area (Å²) in [4.78, 5) is 25.9. The second-order valence-corrected chi connectivity index (χ2v) is 4.64. The molecule has 1 aliphatic heterocycles. The van der Waals surface area contributed by atoms with Crippen molar-refractivity contribution in [3.63, 3.8) is 0 Å². The van der Waals surface area contributed by atoms with E-state index >= 15 is 0 Å². The van der Waals surface area contributed by atoms with Crippen molar-refractivity contribution in [1.29, 1.82) is 0 Å². The highest BCUT2D eigenvalue weighted by atomic mass is 16.5. The van der Waals surface area contributed by atoms with Gasteiger partial charge in [-0.3, -0.25) is 9.59 Å². The number of hydrogen-bond donors (Lipinski definition) is 2. The number of aryl methyl sites for hydroxylation is 1. The molecule has 0 aliphatic carbocycles. The molecule has 5 heteroatoms. The lowest BCUT2D eigenvalue weighted by atomic mass is 10.1. The van der Waals surface area contributed by atoms with Crippen LogP contribution in [-0.2, 0) is 4.74 Å². The molecule has 0 radical (unpaired) electrons. The van der Waals surface area contributed by atoms with Gasteiger partial charge in [0.2, 0.25) is 0 Å². The third-order valence-corrected chi connectivity index (χ3v) is 3.38. The van der Waals surface area contributed by atoms with Crippen molar-refractivity contribution >= 4 is 12.2 Å². The molecule has 2 rings (SSSR count). The summed E-state index contributed by atoms with van der Waals surface area (Å²) in [6.07, 6.45) is 2.43. The molecule has 1 aromatic heterocycles. The zero-order chi connectivity index (χ0) is 13.1. The zero-order valence-electron chi connectivity index (χ0n) is 10.7. The van der Waals surface area contributed by atoms with Gasteiger partial charge in [0, 0.05) is 24.9 Å². The predicted molar refractivity (Wildman–Crippen MR) is 67.0 cm³/mol. The average molecular weight is 250 g/mol. The van der Waals surface area contributed by atoms with E-state index in [0.29, 0.717) is 30.0 Å². The Bertz CT molecular complexity index is 459. The number of ether oxygens (including phenoxy) is 1. The van der Waals surface area contributed by atoms with Crippen molar-refractivity contribution in [3.05, 3.63) is 22.5 Å². The van der Waals surface area contributed by atoms with Crippen molar-refractivity contribution < 1.29 is 14.3 Å². The first kappa shape index (κ1) is 12.8. The van der Waals surface area contributed by atoms with Gasteiger partial charge in [0.05, 0.1) is 11.3 Å². The lowest BCUT2D eigenvalue weighted by molar-refractivity contribution is 0.0696. The van der Waals surface area contributed by atoms with Crippen molar-refractivity contribution in [2.75, 3.05) is 13.2 Å². The minimum absolute atomic E-state index is 0.110. The van der Waals surface area contributed by atoms with Crippen molar-refractivity contribution in [3.8, 4) is 0 Å². The summed E-state index contributed by atoms with van der Waals surface area (Å²) >= 11 is 0. The van der Waals surface area contributed by atoms with E-state index in [1.54, 1.807) is 13.8 Å². The summed E-state index contributed by atoms with van der Waals surface area (Å²) < 4.78 is 5.25. The first-order chi connectivity index (χ1) is 8.63. The van der Waals surface area contributed by atoms with Gasteiger partial charge in [0.1, 0.15) is 0 Å². The van der Waals surface area contributed by atoms with Crippen LogP contribution in [0.15, 0.2) is 0 Å².